The molecule has 1 nitrogen and oxygen atoms in total. The second kappa shape index (κ2) is 12.9. The highest BCUT2D eigenvalue weighted by molar-refractivity contribution is 9.10. The standard InChI is InChI=1S/C36H41BrOS/c1-4-6-8-10-22-36(23-11-9-7-5-2)32-24-27(14-18-30(32)31-19-15-28(37)25-33(31)36)35-21-20-34(39-35)26-12-16-29(38-3)17-13-26/h12-21,24-25H,4-11,22-23H2,1-3H3. The van der Waals surface area contributed by atoms with Crippen molar-refractivity contribution in [2.24, 2.45) is 0 Å². The van der Waals surface area contributed by atoms with E-state index < -0.39 is 0 Å². The Morgan fingerprint density at radius 1 is 0.641 bits per heavy atom. The molecule has 204 valence electrons. The number of hydrogen-bond donors (Lipinski definition) is 0. The normalized spacial score (nSPS) is 13.3. The predicted molar refractivity (Wildman–Crippen MR) is 173 cm³/mol. The predicted octanol–water partition coefficient (Wildman–Crippen LogP) is 12.1. The summed E-state index contributed by atoms with van der Waals surface area (Å²) in [6, 6.07) is 27.3. The van der Waals surface area contributed by atoms with Crippen LogP contribution in [0, 0.1) is 0 Å². The third-order valence-electron chi connectivity index (χ3n) is 8.50. The van der Waals surface area contributed by atoms with Crippen LogP contribution in [0.2, 0.25) is 0 Å². The molecule has 0 saturated carbocycles. The lowest BCUT2D eigenvalue weighted by Crippen LogP contribution is -2.25. The second-order valence-electron chi connectivity index (χ2n) is 11.0. The fraction of sp³-hybridized carbons (Fsp3) is 0.389. The van der Waals surface area contributed by atoms with E-state index in [1.807, 2.05) is 23.5 Å². The van der Waals surface area contributed by atoms with Crippen molar-refractivity contribution in [3.63, 3.8) is 0 Å². The first-order valence-electron chi connectivity index (χ1n) is 14.8. The van der Waals surface area contributed by atoms with Gasteiger partial charge in [0, 0.05) is 19.6 Å². The van der Waals surface area contributed by atoms with Crippen molar-refractivity contribution in [1.29, 1.82) is 0 Å². The molecule has 0 fully saturated rings. The lowest BCUT2D eigenvalue weighted by molar-refractivity contribution is 0.401. The van der Waals surface area contributed by atoms with E-state index in [0.717, 1.165) is 5.75 Å². The third kappa shape index (κ3) is 5.91. The third-order valence-corrected chi connectivity index (χ3v) is 10.2. The Hall–Kier alpha value is -2.36. The summed E-state index contributed by atoms with van der Waals surface area (Å²) in [5, 5.41) is 0. The minimum absolute atomic E-state index is 0.0992. The van der Waals surface area contributed by atoms with Crippen molar-refractivity contribution in [3.8, 4) is 37.8 Å². The number of thiophene rings is 1. The number of rotatable bonds is 13. The minimum Gasteiger partial charge on any atom is -0.497 e. The van der Waals surface area contributed by atoms with Crippen LogP contribution in [0.4, 0.5) is 0 Å². The molecule has 0 amide bonds. The van der Waals surface area contributed by atoms with Gasteiger partial charge in [-0.05, 0) is 101 Å². The number of unbranched alkanes of at least 4 members (excludes halogenated alkanes) is 6. The molecule has 0 N–H and O–H groups in total. The van der Waals surface area contributed by atoms with Gasteiger partial charge in [0.15, 0.2) is 0 Å². The molecule has 0 atom stereocenters. The molecule has 0 saturated heterocycles. The van der Waals surface area contributed by atoms with Gasteiger partial charge in [-0.25, -0.2) is 0 Å². The molecule has 1 aliphatic carbocycles. The first-order valence-corrected chi connectivity index (χ1v) is 16.4. The zero-order valence-electron chi connectivity index (χ0n) is 23.7. The summed E-state index contributed by atoms with van der Waals surface area (Å²) in [7, 11) is 1.72. The van der Waals surface area contributed by atoms with Gasteiger partial charge in [0.25, 0.3) is 0 Å². The fourth-order valence-electron chi connectivity index (χ4n) is 6.39. The molecule has 0 bridgehead atoms. The largest absolute Gasteiger partial charge is 0.497 e. The molecule has 0 unspecified atom stereocenters. The van der Waals surface area contributed by atoms with Crippen LogP contribution >= 0.6 is 27.3 Å². The maximum Gasteiger partial charge on any atom is 0.118 e. The summed E-state index contributed by atoms with van der Waals surface area (Å²) in [5.41, 5.74) is 8.67. The molecule has 5 rings (SSSR count). The Morgan fingerprint density at radius 3 is 1.82 bits per heavy atom. The molecule has 0 aliphatic heterocycles. The lowest BCUT2D eigenvalue weighted by atomic mass is 9.70. The van der Waals surface area contributed by atoms with Crippen LogP contribution in [0.3, 0.4) is 0 Å². The van der Waals surface area contributed by atoms with E-state index in [-0.39, 0.29) is 5.41 Å². The van der Waals surface area contributed by atoms with E-state index in [1.165, 1.54) is 101 Å². The fourth-order valence-corrected chi connectivity index (χ4v) is 7.76. The highest BCUT2D eigenvalue weighted by Crippen LogP contribution is 2.55. The number of methoxy groups -OCH3 is 1. The van der Waals surface area contributed by atoms with Crippen molar-refractivity contribution in [1.82, 2.24) is 0 Å². The van der Waals surface area contributed by atoms with Gasteiger partial charge < -0.3 is 4.74 Å². The Morgan fingerprint density at radius 2 is 1.21 bits per heavy atom. The topological polar surface area (TPSA) is 9.23 Å². The van der Waals surface area contributed by atoms with Crippen LogP contribution in [0.25, 0.3) is 32.0 Å². The highest BCUT2D eigenvalue weighted by atomic mass is 79.9. The zero-order chi connectivity index (χ0) is 27.2. The molecule has 4 aromatic rings. The SMILES string of the molecule is CCCCCCC1(CCCCCC)c2cc(Br)ccc2-c2ccc(-c3ccc(-c4ccc(OC)cc4)s3)cc21. The molecule has 3 aromatic carbocycles. The summed E-state index contributed by atoms with van der Waals surface area (Å²) < 4.78 is 6.56. The van der Waals surface area contributed by atoms with Crippen molar-refractivity contribution < 1.29 is 4.74 Å². The Labute approximate surface area is 247 Å². The van der Waals surface area contributed by atoms with Gasteiger partial charge in [-0.15, -0.1) is 11.3 Å². The monoisotopic (exact) mass is 600 g/mol. The summed E-state index contributed by atoms with van der Waals surface area (Å²) in [6.45, 7) is 4.62. The Balaban J connectivity index is 1.54. The van der Waals surface area contributed by atoms with Crippen molar-refractivity contribution in [2.45, 2.75) is 83.5 Å². The van der Waals surface area contributed by atoms with Crippen LogP contribution in [0.5, 0.6) is 5.75 Å². The van der Waals surface area contributed by atoms with Crippen LogP contribution < -0.4 is 4.74 Å². The van der Waals surface area contributed by atoms with E-state index >= 15 is 0 Å². The van der Waals surface area contributed by atoms with E-state index in [0.29, 0.717) is 0 Å². The van der Waals surface area contributed by atoms with Crippen LogP contribution in [-0.4, -0.2) is 7.11 Å². The highest BCUT2D eigenvalue weighted by Gasteiger charge is 2.42. The number of fused-ring (bicyclic) bond motifs is 3. The minimum atomic E-state index is 0.0992. The molecule has 3 heteroatoms. The molecular formula is C36H41BrOS. The van der Waals surface area contributed by atoms with Gasteiger partial charge in [0.05, 0.1) is 7.11 Å². The smallest absolute Gasteiger partial charge is 0.118 e. The average molecular weight is 602 g/mol. The molecule has 1 aliphatic rings. The van der Waals surface area contributed by atoms with Gasteiger partial charge in [-0.2, -0.15) is 0 Å². The number of benzene rings is 3. The van der Waals surface area contributed by atoms with Crippen LogP contribution in [0.15, 0.2) is 77.3 Å². The molecule has 0 radical (unpaired) electrons. The first kappa shape index (κ1) is 28.2. The van der Waals surface area contributed by atoms with Crippen molar-refractivity contribution in [3.05, 3.63) is 88.4 Å². The summed E-state index contributed by atoms with van der Waals surface area (Å²) >= 11 is 5.71. The average Bonchev–Trinajstić information content (AvgIpc) is 3.56. The molecule has 1 aromatic heterocycles. The first-order chi connectivity index (χ1) is 19.1. The van der Waals surface area contributed by atoms with E-state index in [1.54, 1.807) is 18.2 Å². The Bertz CT molecular complexity index is 1370. The van der Waals surface area contributed by atoms with Gasteiger partial charge in [0.1, 0.15) is 5.75 Å². The van der Waals surface area contributed by atoms with E-state index in [9.17, 15) is 0 Å². The van der Waals surface area contributed by atoms with Gasteiger partial charge in [-0.1, -0.05) is 99.3 Å². The maximum atomic E-state index is 5.36. The molecule has 0 spiro atoms. The Kier molecular flexibility index (Phi) is 9.30. The zero-order valence-corrected chi connectivity index (χ0v) is 26.1. The van der Waals surface area contributed by atoms with Gasteiger partial charge in [0.2, 0.25) is 0 Å². The number of halogens is 1. The summed E-state index contributed by atoms with van der Waals surface area (Å²) in [6.07, 6.45) is 12.9. The van der Waals surface area contributed by atoms with Crippen LogP contribution in [0.1, 0.15) is 89.2 Å². The second-order valence-corrected chi connectivity index (χ2v) is 13.0. The summed E-state index contributed by atoms with van der Waals surface area (Å²) in [5.74, 6) is 0.898. The number of hydrogen-bond acceptors (Lipinski definition) is 2. The number of ether oxygens (including phenoxy) is 1. The van der Waals surface area contributed by atoms with Gasteiger partial charge in [-0.3, -0.25) is 0 Å². The molecular weight excluding hydrogens is 560 g/mol. The summed E-state index contributed by atoms with van der Waals surface area (Å²) in [4.78, 5) is 2.64. The van der Waals surface area contributed by atoms with E-state index in [4.69, 9.17) is 4.74 Å². The van der Waals surface area contributed by atoms with Crippen molar-refractivity contribution >= 4 is 27.3 Å². The lowest BCUT2D eigenvalue weighted by Gasteiger charge is -2.33. The van der Waals surface area contributed by atoms with Crippen LogP contribution in [-0.2, 0) is 5.41 Å². The quantitative estimate of drug-likeness (QED) is 0.139. The molecule has 39 heavy (non-hydrogen) atoms. The van der Waals surface area contributed by atoms with Gasteiger partial charge >= 0.3 is 0 Å². The van der Waals surface area contributed by atoms with Crippen molar-refractivity contribution in [2.75, 3.05) is 7.11 Å². The maximum absolute atomic E-state index is 5.36. The van der Waals surface area contributed by atoms with E-state index in [2.05, 4.69) is 90.4 Å². The molecule has 1 heterocycles.